The third kappa shape index (κ3) is 4.94. The van der Waals surface area contributed by atoms with Gasteiger partial charge in [-0.25, -0.2) is 0 Å². The minimum atomic E-state index is -0.140. The lowest BCUT2D eigenvalue weighted by Gasteiger charge is -2.21. The molecule has 0 N–H and O–H groups in total. The fourth-order valence-electron chi connectivity index (χ4n) is 2.32. The molecular formula is C13H22INO2. The summed E-state index contributed by atoms with van der Waals surface area (Å²) >= 11 is 1.82. The van der Waals surface area contributed by atoms with E-state index in [2.05, 4.69) is 6.92 Å². The number of nitrogens with zero attached hydrogens (tertiary/aromatic N) is 1. The fraction of sp³-hybridized carbons (Fsp3) is 0.846. The molecule has 1 amide bonds. The second-order valence-electron chi connectivity index (χ2n) is 4.71. The van der Waals surface area contributed by atoms with Gasteiger partial charge < -0.3 is 4.90 Å². The standard InChI is InChI=1S/C13H22INO2/c1-2-3-4-5-6-9-12(16)15-10-7-8-11(15)13(14)17/h11H,2-10H2,1H3/t11-/m0/s1. The van der Waals surface area contributed by atoms with Crippen LogP contribution in [0.25, 0.3) is 0 Å². The topological polar surface area (TPSA) is 37.4 Å². The third-order valence-electron chi connectivity index (χ3n) is 3.33. The van der Waals surface area contributed by atoms with Gasteiger partial charge in [0.2, 0.25) is 9.70 Å². The summed E-state index contributed by atoms with van der Waals surface area (Å²) < 4.78 is 0.111. The van der Waals surface area contributed by atoms with E-state index in [0.29, 0.717) is 6.42 Å². The van der Waals surface area contributed by atoms with E-state index in [1.54, 1.807) is 4.90 Å². The van der Waals surface area contributed by atoms with Crippen LogP contribution in [-0.4, -0.2) is 27.2 Å². The Morgan fingerprint density at radius 1 is 1.24 bits per heavy atom. The summed E-state index contributed by atoms with van der Waals surface area (Å²) in [7, 11) is 0. The molecule has 1 saturated heterocycles. The van der Waals surface area contributed by atoms with Gasteiger partial charge >= 0.3 is 0 Å². The second-order valence-corrected chi connectivity index (χ2v) is 5.78. The number of hydrogen-bond acceptors (Lipinski definition) is 2. The second kappa shape index (κ2) is 8.06. The normalized spacial score (nSPS) is 19.6. The van der Waals surface area contributed by atoms with Crippen molar-refractivity contribution in [3.05, 3.63) is 0 Å². The molecule has 0 bridgehead atoms. The Labute approximate surface area is 117 Å². The molecule has 0 radical (unpaired) electrons. The molecule has 98 valence electrons. The largest absolute Gasteiger partial charge is 0.332 e. The SMILES string of the molecule is CCCCCCCC(=O)N1CCC[C@H]1C(=O)I. The van der Waals surface area contributed by atoms with Crippen molar-refractivity contribution in [1.82, 2.24) is 4.90 Å². The molecule has 3 nitrogen and oxygen atoms in total. The summed E-state index contributed by atoms with van der Waals surface area (Å²) in [6, 6.07) is -0.140. The van der Waals surface area contributed by atoms with Crippen LogP contribution in [0.1, 0.15) is 58.3 Å². The van der Waals surface area contributed by atoms with Crippen LogP contribution in [0.3, 0.4) is 0 Å². The van der Waals surface area contributed by atoms with E-state index >= 15 is 0 Å². The summed E-state index contributed by atoms with van der Waals surface area (Å²) in [5.41, 5.74) is 0. The Hall–Kier alpha value is -0.130. The lowest BCUT2D eigenvalue weighted by molar-refractivity contribution is -0.134. The number of amides is 1. The molecule has 0 aromatic rings. The quantitative estimate of drug-likeness (QED) is 0.401. The van der Waals surface area contributed by atoms with Crippen molar-refractivity contribution in [2.45, 2.75) is 64.3 Å². The molecular weight excluding hydrogens is 329 g/mol. The van der Waals surface area contributed by atoms with Gasteiger partial charge in [-0.2, -0.15) is 0 Å². The molecule has 0 aromatic heterocycles. The molecule has 0 spiro atoms. The van der Waals surface area contributed by atoms with Gasteiger partial charge in [-0.15, -0.1) is 0 Å². The highest BCUT2D eigenvalue weighted by Crippen LogP contribution is 2.21. The van der Waals surface area contributed by atoms with Crippen molar-refractivity contribution in [3.8, 4) is 0 Å². The molecule has 0 saturated carbocycles. The Morgan fingerprint density at radius 2 is 1.94 bits per heavy atom. The number of carbonyl (C=O) groups excluding carboxylic acids is 2. The Balaban J connectivity index is 2.25. The predicted octanol–water partition coefficient (Wildman–Crippen LogP) is 3.30. The van der Waals surface area contributed by atoms with Gasteiger partial charge in [-0.1, -0.05) is 32.6 Å². The molecule has 1 heterocycles. The number of unbranched alkanes of at least 4 members (excludes halogenated alkanes) is 4. The highest BCUT2D eigenvalue weighted by atomic mass is 127. The molecule has 1 fully saturated rings. The van der Waals surface area contributed by atoms with Crippen LogP contribution in [0.5, 0.6) is 0 Å². The van der Waals surface area contributed by atoms with Crippen LogP contribution in [-0.2, 0) is 9.59 Å². The summed E-state index contributed by atoms with van der Waals surface area (Å²) in [5, 5.41) is 0. The molecule has 4 heteroatoms. The average molecular weight is 351 g/mol. The highest BCUT2D eigenvalue weighted by Gasteiger charge is 2.31. The van der Waals surface area contributed by atoms with E-state index < -0.39 is 0 Å². The summed E-state index contributed by atoms with van der Waals surface area (Å²) in [4.78, 5) is 25.1. The number of hydrogen-bond donors (Lipinski definition) is 0. The van der Waals surface area contributed by atoms with E-state index in [-0.39, 0.29) is 15.7 Å². The molecule has 1 atom stereocenters. The predicted molar refractivity (Wildman–Crippen MR) is 77.1 cm³/mol. The minimum absolute atomic E-state index is 0.111. The summed E-state index contributed by atoms with van der Waals surface area (Å²) in [5.74, 6) is 0.175. The van der Waals surface area contributed by atoms with E-state index in [4.69, 9.17) is 0 Å². The lowest BCUT2D eigenvalue weighted by Crippen LogP contribution is -2.38. The van der Waals surface area contributed by atoms with Gasteiger partial charge in [0.25, 0.3) is 0 Å². The maximum absolute atomic E-state index is 12.0. The zero-order chi connectivity index (χ0) is 12.7. The van der Waals surface area contributed by atoms with Crippen molar-refractivity contribution in [1.29, 1.82) is 0 Å². The monoisotopic (exact) mass is 351 g/mol. The Bertz CT molecular complexity index is 268. The molecule has 0 unspecified atom stereocenters. The maximum atomic E-state index is 12.0. The third-order valence-corrected chi connectivity index (χ3v) is 4.05. The summed E-state index contributed by atoms with van der Waals surface area (Å²) in [6.45, 7) is 2.96. The maximum Gasteiger partial charge on any atom is 0.223 e. The highest BCUT2D eigenvalue weighted by molar-refractivity contribution is 14.1. The zero-order valence-corrected chi connectivity index (χ0v) is 12.7. The van der Waals surface area contributed by atoms with E-state index in [1.807, 2.05) is 22.6 Å². The van der Waals surface area contributed by atoms with Gasteiger partial charge in [0.1, 0.15) is 6.04 Å². The van der Waals surface area contributed by atoms with Crippen molar-refractivity contribution < 1.29 is 9.59 Å². The first-order chi connectivity index (χ1) is 8.16. The van der Waals surface area contributed by atoms with Crippen LogP contribution < -0.4 is 0 Å². The van der Waals surface area contributed by atoms with E-state index in [0.717, 1.165) is 32.2 Å². The first kappa shape index (κ1) is 14.9. The molecule has 1 rings (SSSR count). The van der Waals surface area contributed by atoms with Crippen LogP contribution >= 0.6 is 22.6 Å². The first-order valence-corrected chi connectivity index (χ1v) is 7.73. The van der Waals surface area contributed by atoms with Crippen molar-refractivity contribution >= 4 is 32.3 Å². The molecule has 1 aliphatic rings. The zero-order valence-electron chi connectivity index (χ0n) is 10.6. The molecule has 0 aliphatic carbocycles. The number of carbonyl (C=O) groups is 2. The van der Waals surface area contributed by atoms with Crippen LogP contribution in [0, 0.1) is 0 Å². The van der Waals surface area contributed by atoms with Crippen LogP contribution in [0.15, 0.2) is 0 Å². The smallest absolute Gasteiger partial charge is 0.223 e. The van der Waals surface area contributed by atoms with Crippen LogP contribution in [0.2, 0.25) is 0 Å². The molecule has 1 aliphatic heterocycles. The molecule has 0 aromatic carbocycles. The fourth-order valence-corrected chi connectivity index (χ4v) is 2.97. The number of rotatable bonds is 7. The van der Waals surface area contributed by atoms with Gasteiger partial charge in [-0.3, -0.25) is 9.59 Å². The van der Waals surface area contributed by atoms with Gasteiger partial charge in [-0.05, 0) is 19.3 Å². The number of halogens is 1. The summed E-state index contributed by atoms with van der Waals surface area (Å²) in [6.07, 6.45) is 8.25. The van der Waals surface area contributed by atoms with Crippen molar-refractivity contribution in [2.75, 3.05) is 6.54 Å². The average Bonchev–Trinajstić information content (AvgIpc) is 2.77. The molecule has 17 heavy (non-hydrogen) atoms. The van der Waals surface area contributed by atoms with Crippen LogP contribution in [0.4, 0.5) is 0 Å². The van der Waals surface area contributed by atoms with E-state index in [1.165, 1.54) is 19.3 Å². The minimum Gasteiger partial charge on any atom is -0.332 e. The number of likely N-dealkylation sites (tertiary alicyclic amines) is 1. The lowest BCUT2D eigenvalue weighted by atomic mass is 10.1. The first-order valence-electron chi connectivity index (χ1n) is 6.65. The van der Waals surface area contributed by atoms with Gasteiger partial charge in [0.05, 0.1) is 0 Å². The van der Waals surface area contributed by atoms with E-state index in [9.17, 15) is 9.59 Å². The van der Waals surface area contributed by atoms with Gasteiger partial charge in [0.15, 0.2) is 0 Å². The Morgan fingerprint density at radius 3 is 2.59 bits per heavy atom. The van der Waals surface area contributed by atoms with Gasteiger partial charge in [0, 0.05) is 35.6 Å². The Kier molecular flexibility index (Phi) is 7.08. The van der Waals surface area contributed by atoms with Crippen molar-refractivity contribution in [3.63, 3.8) is 0 Å². The van der Waals surface area contributed by atoms with Crippen molar-refractivity contribution in [2.24, 2.45) is 0 Å².